The first kappa shape index (κ1) is 14.5. The zero-order valence-electron chi connectivity index (χ0n) is 10.5. The van der Waals surface area contributed by atoms with Gasteiger partial charge in [0.2, 0.25) is 5.88 Å². The van der Waals surface area contributed by atoms with Gasteiger partial charge in [-0.15, -0.1) is 0 Å². The third-order valence-corrected chi connectivity index (χ3v) is 3.56. The van der Waals surface area contributed by atoms with Crippen molar-refractivity contribution in [1.29, 1.82) is 0 Å². The molecular formula is C14H14Br2N2O. The Morgan fingerprint density at radius 1 is 1.21 bits per heavy atom. The van der Waals surface area contributed by atoms with Crippen LogP contribution in [0.25, 0.3) is 0 Å². The lowest BCUT2D eigenvalue weighted by molar-refractivity contribution is 0.457. The van der Waals surface area contributed by atoms with Crippen LogP contribution < -0.4 is 10.1 Å². The molecule has 0 saturated heterocycles. The van der Waals surface area contributed by atoms with Gasteiger partial charge in [0.1, 0.15) is 5.75 Å². The van der Waals surface area contributed by atoms with E-state index >= 15 is 0 Å². The molecule has 2 aromatic rings. The van der Waals surface area contributed by atoms with Crippen LogP contribution in [0.15, 0.2) is 45.3 Å². The van der Waals surface area contributed by atoms with Crippen LogP contribution in [-0.4, -0.2) is 11.5 Å². The number of rotatable bonds is 5. The summed E-state index contributed by atoms with van der Waals surface area (Å²) in [4.78, 5) is 4.45. The maximum atomic E-state index is 5.78. The van der Waals surface area contributed by atoms with Crippen molar-refractivity contribution < 1.29 is 4.74 Å². The van der Waals surface area contributed by atoms with E-state index in [4.69, 9.17) is 4.74 Å². The van der Waals surface area contributed by atoms with Crippen molar-refractivity contribution in [3.05, 3.63) is 51.0 Å². The van der Waals surface area contributed by atoms with E-state index in [-0.39, 0.29) is 0 Å². The number of hydrogen-bond donors (Lipinski definition) is 1. The zero-order valence-corrected chi connectivity index (χ0v) is 13.7. The molecule has 0 aliphatic carbocycles. The fourth-order valence-corrected chi connectivity index (χ4v) is 2.66. The first-order chi connectivity index (χ1) is 9.19. The van der Waals surface area contributed by atoms with E-state index in [2.05, 4.69) is 49.1 Å². The van der Waals surface area contributed by atoms with Crippen molar-refractivity contribution in [2.75, 3.05) is 6.54 Å². The normalized spacial score (nSPS) is 10.5. The molecular weight excluding hydrogens is 372 g/mol. The Morgan fingerprint density at radius 2 is 2.05 bits per heavy atom. The summed E-state index contributed by atoms with van der Waals surface area (Å²) in [6.45, 7) is 3.74. The molecule has 1 aromatic carbocycles. The SMILES string of the molecule is CCNCc1cccc(Oc2ccc(Br)cc2Br)n1. The molecule has 19 heavy (non-hydrogen) atoms. The lowest BCUT2D eigenvalue weighted by atomic mass is 10.3. The molecule has 5 heteroatoms. The first-order valence-electron chi connectivity index (χ1n) is 5.98. The number of ether oxygens (including phenoxy) is 1. The number of pyridine rings is 1. The molecule has 0 bridgehead atoms. The minimum absolute atomic E-state index is 0.596. The molecule has 1 N–H and O–H groups in total. The highest BCUT2D eigenvalue weighted by atomic mass is 79.9. The standard InChI is InChI=1S/C14H14Br2N2O/c1-2-17-9-11-4-3-5-14(18-11)19-13-7-6-10(15)8-12(13)16/h3-8,17H,2,9H2,1H3. The van der Waals surface area contributed by atoms with Gasteiger partial charge in [0, 0.05) is 17.1 Å². The van der Waals surface area contributed by atoms with E-state index in [1.807, 2.05) is 36.4 Å². The van der Waals surface area contributed by atoms with E-state index in [1.54, 1.807) is 0 Å². The van der Waals surface area contributed by atoms with Crippen molar-refractivity contribution in [3.63, 3.8) is 0 Å². The fourth-order valence-electron chi connectivity index (χ4n) is 1.54. The van der Waals surface area contributed by atoms with Crippen molar-refractivity contribution in [2.45, 2.75) is 13.5 Å². The highest BCUT2D eigenvalue weighted by Gasteiger charge is 2.05. The second kappa shape index (κ2) is 7.03. The van der Waals surface area contributed by atoms with Crippen LogP contribution in [0.1, 0.15) is 12.6 Å². The molecule has 0 radical (unpaired) electrons. The van der Waals surface area contributed by atoms with E-state index in [0.29, 0.717) is 5.88 Å². The maximum absolute atomic E-state index is 5.78. The van der Waals surface area contributed by atoms with Crippen molar-refractivity contribution in [2.24, 2.45) is 0 Å². The summed E-state index contributed by atoms with van der Waals surface area (Å²) in [6.07, 6.45) is 0. The van der Waals surface area contributed by atoms with Crippen LogP contribution in [0.5, 0.6) is 11.6 Å². The Labute approximate surface area is 129 Å². The average Bonchev–Trinajstić information content (AvgIpc) is 2.40. The van der Waals surface area contributed by atoms with Crippen molar-refractivity contribution >= 4 is 31.9 Å². The fraction of sp³-hybridized carbons (Fsp3) is 0.214. The van der Waals surface area contributed by atoms with Gasteiger partial charge in [0.05, 0.1) is 10.2 Å². The van der Waals surface area contributed by atoms with Crippen LogP contribution in [0, 0.1) is 0 Å². The lowest BCUT2D eigenvalue weighted by Crippen LogP contribution is -2.12. The van der Waals surface area contributed by atoms with Crippen LogP contribution in [0.4, 0.5) is 0 Å². The number of halogens is 2. The monoisotopic (exact) mass is 384 g/mol. The van der Waals surface area contributed by atoms with Gasteiger partial charge in [0.15, 0.2) is 0 Å². The Bertz CT molecular complexity index is 561. The van der Waals surface area contributed by atoms with Gasteiger partial charge in [-0.25, -0.2) is 4.98 Å². The minimum atomic E-state index is 0.596. The second-order valence-corrected chi connectivity index (χ2v) is 5.69. The predicted molar refractivity (Wildman–Crippen MR) is 83.5 cm³/mol. The van der Waals surface area contributed by atoms with Gasteiger partial charge in [-0.3, -0.25) is 0 Å². The summed E-state index contributed by atoms with van der Waals surface area (Å²) in [6, 6.07) is 11.5. The Balaban J connectivity index is 2.14. The Kier molecular flexibility index (Phi) is 5.36. The maximum Gasteiger partial charge on any atom is 0.219 e. The number of benzene rings is 1. The average molecular weight is 386 g/mol. The minimum Gasteiger partial charge on any atom is -0.438 e. The molecule has 1 aromatic heterocycles. The van der Waals surface area contributed by atoms with E-state index < -0.39 is 0 Å². The second-order valence-electron chi connectivity index (χ2n) is 3.92. The molecule has 2 rings (SSSR count). The predicted octanol–water partition coefficient (Wildman–Crippen LogP) is 4.51. The molecule has 100 valence electrons. The number of aromatic nitrogens is 1. The highest BCUT2D eigenvalue weighted by molar-refractivity contribution is 9.11. The third kappa shape index (κ3) is 4.30. The van der Waals surface area contributed by atoms with Gasteiger partial charge in [0.25, 0.3) is 0 Å². The molecule has 0 atom stereocenters. The molecule has 0 spiro atoms. The third-order valence-electron chi connectivity index (χ3n) is 2.45. The van der Waals surface area contributed by atoms with Crippen molar-refractivity contribution in [1.82, 2.24) is 10.3 Å². The first-order valence-corrected chi connectivity index (χ1v) is 7.57. The molecule has 0 fully saturated rings. The molecule has 0 amide bonds. The summed E-state index contributed by atoms with van der Waals surface area (Å²) in [5, 5.41) is 3.24. The van der Waals surface area contributed by atoms with Gasteiger partial charge in [-0.1, -0.05) is 28.9 Å². The molecule has 0 aliphatic heterocycles. The summed E-state index contributed by atoms with van der Waals surface area (Å²) in [7, 11) is 0. The number of nitrogens with one attached hydrogen (secondary N) is 1. The van der Waals surface area contributed by atoms with Crippen LogP contribution in [0.3, 0.4) is 0 Å². The lowest BCUT2D eigenvalue weighted by Gasteiger charge is -2.08. The van der Waals surface area contributed by atoms with Gasteiger partial charge >= 0.3 is 0 Å². The number of hydrogen-bond acceptors (Lipinski definition) is 3. The van der Waals surface area contributed by atoms with E-state index in [0.717, 1.165) is 33.5 Å². The van der Waals surface area contributed by atoms with Crippen molar-refractivity contribution in [3.8, 4) is 11.6 Å². The number of nitrogens with zero attached hydrogens (tertiary/aromatic N) is 1. The quantitative estimate of drug-likeness (QED) is 0.822. The molecule has 0 saturated carbocycles. The smallest absolute Gasteiger partial charge is 0.219 e. The molecule has 1 heterocycles. The topological polar surface area (TPSA) is 34.1 Å². The van der Waals surface area contributed by atoms with Gasteiger partial charge in [-0.05, 0) is 46.7 Å². The molecule has 0 unspecified atom stereocenters. The van der Waals surface area contributed by atoms with Crippen LogP contribution >= 0.6 is 31.9 Å². The summed E-state index contributed by atoms with van der Waals surface area (Å²) in [5.41, 5.74) is 0.965. The van der Waals surface area contributed by atoms with Crippen LogP contribution in [-0.2, 0) is 6.54 Å². The Morgan fingerprint density at radius 3 is 2.79 bits per heavy atom. The molecule has 3 nitrogen and oxygen atoms in total. The summed E-state index contributed by atoms with van der Waals surface area (Å²) < 4.78 is 7.67. The van der Waals surface area contributed by atoms with Crippen LogP contribution in [0.2, 0.25) is 0 Å². The largest absolute Gasteiger partial charge is 0.438 e. The summed E-state index contributed by atoms with van der Waals surface area (Å²) >= 11 is 6.88. The van der Waals surface area contributed by atoms with E-state index in [9.17, 15) is 0 Å². The Hall–Kier alpha value is -0.910. The van der Waals surface area contributed by atoms with Gasteiger partial charge in [-0.2, -0.15) is 0 Å². The van der Waals surface area contributed by atoms with E-state index in [1.165, 1.54) is 0 Å². The highest BCUT2D eigenvalue weighted by Crippen LogP contribution is 2.31. The zero-order chi connectivity index (χ0) is 13.7. The van der Waals surface area contributed by atoms with Gasteiger partial charge < -0.3 is 10.1 Å². The molecule has 0 aliphatic rings. The summed E-state index contributed by atoms with van der Waals surface area (Å²) in [5.74, 6) is 1.34.